The van der Waals surface area contributed by atoms with Gasteiger partial charge in [-0.15, -0.1) is 0 Å². The zero-order chi connectivity index (χ0) is 10.6. The Hall–Kier alpha value is -1.06. The number of halogens is 1. The van der Waals surface area contributed by atoms with Crippen molar-refractivity contribution in [2.75, 3.05) is 13.1 Å². The summed E-state index contributed by atoms with van der Waals surface area (Å²) in [5.41, 5.74) is 6.67. The Bertz CT molecular complexity index is 339. The fraction of sp³-hybridized carbons (Fsp3) is 0.300. The Labute approximate surface area is 88.2 Å². The van der Waals surface area contributed by atoms with Crippen molar-refractivity contribution >= 4 is 17.5 Å². The maximum Gasteiger partial charge on any atom is 0.252 e. The van der Waals surface area contributed by atoms with Crippen LogP contribution in [0.4, 0.5) is 0 Å². The zero-order valence-corrected chi connectivity index (χ0v) is 8.77. The van der Waals surface area contributed by atoms with E-state index in [9.17, 15) is 4.79 Å². The molecule has 1 amide bonds. The number of amides is 1. The highest BCUT2D eigenvalue weighted by atomic mass is 35.5. The fourth-order valence-electron chi connectivity index (χ4n) is 1.10. The lowest BCUT2D eigenvalue weighted by Gasteiger charge is -2.06. The van der Waals surface area contributed by atoms with E-state index in [0.29, 0.717) is 23.7 Å². The molecule has 0 spiro atoms. The summed E-state index contributed by atoms with van der Waals surface area (Å²) >= 11 is 5.97. The SMILES string of the molecule is Cc1cccc(C(=O)NCCN)c1Cl. The lowest BCUT2D eigenvalue weighted by Crippen LogP contribution is -2.29. The molecule has 0 radical (unpaired) electrons. The van der Waals surface area contributed by atoms with Crippen molar-refractivity contribution in [3.8, 4) is 0 Å². The van der Waals surface area contributed by atoms with Crippen LogP contribution in [0, 0.1) is 6.92 Å². The summed E-state index contributed by atoms with van der Waals surface area (Å²) < 4.78 is 0. The normalized spacial score (nSPS) is 9.93. The Morgan fingerprint density at radius 2 is 2.29 bits per heavy atom. The molecule has 0 fully saturated rings. The summed E-state index contributed by atoms with van der Waals surface area (Å²) in [5, 5.41) is 3.17. The Morgan fingerprint density at radius 1 is 1.57 bits per heavy atom. The molecule has 76 valence electrons. The van der Waals surface area contributed by atoms with Crippen molar-refractivity contribution < 1.29 is 4.79 Å². The second-order valence-electron chi connectivity index (χ2n) is 2.98. The highest BCUT2D eigenvalue weighted by Crippen LogP contribution is 2.19. The van der Waals surface area contributed by atoms with E-state index < -0.39 is 0 Å². The van der Waals surface area contributed by atoms with E-state index >= 15 is 0 Å². The van der Waals surface area contributed by atoms with Gasteiger partial charge in [0.05, 0.1) is 10.6 Å². The summed E-state index contributed by atoms with van der Waals surface area (Å²) in [6.45, 7) is 2.75. The van der Waals surface area contributed by atoms with Crippen molar-refractivity contribution in [1.29, 1.82) is 0 Å². The number of carbonyl (C=O) groups excluding carboxylic acids is 1. The van der Waals surface area contributed by atoms with Crippen LogP contribution < -0.4 is 11.1 Å². The molecule has 0 aliphatic heterocycles. The van der Waals surface area contributed by atoms with E-state index in [-0.39, 0.29) is 5.91 Å². The average molecular weight is 213 g/mol. The van der Waals surface area contributed by atoms with Gasteiger partial charge in [-0.2, -0.15) is 0 Å². The Morgan fingerprint density at radius 3 is 2.93 bits per heavy atom. The van der Waals surface area contributed by atoms with Gasteiger partial charge in [-0.25, -0.2) is 0 Å². The smallest absolute Gasteiger partial charge is 0.252 e. The van der Waals surface area contributed by atoms with Gasteiger partial charge in [0.1, 0.15) is 0 Å². The number of nitrogens with two attached hydrogens (primary N) is 1. The van der Waals surface area contributed by atoms with E-state index in [4.69, 9.17) is 17.3 Å². The third-order valence-corrected chi connectivity index (χ3v) is 2.37. The third kappa shape index (κ3) is 2.47. The molecule has 0 bridgehead atoms. The van der Waals surface area contributed by atoms with Crippen LogP contribution in [0.25, 0.3) is 0 Å². The molecule has 0 atom stereocenters. The first-order valence-corrected chi connectivity index (χ1v) is 4.78. The van der Waals surface area contributed by atoms with Gasteiger partial charge in [0.2, 0.25) is 0 Å². The van der Waals surface area contributed by atoms with Crippen LogP contribution in [-0.4, -0.2) is 19.0 Å². The standard InChI is InChI=1S/C10H13ClN2O/c1-7-3-2-4-8(9(7)11)10(14)13-6-5-12/h2-4H,5-6,12H2,1H3,(H,13,14). The number of aryl methyl sites for hydroxylation is 1. The molecular formula is C10H13ClN2O. The van der Waals surface area contributed by atoms with Gasteiger partial charge < -0.3 is 11.1 Å². The number of hydrogen-bond acceptors (Lipinski definition) is 2. The number of rotatable bonds is 3. The summed E-state index contributed by atoms with van der Waals surface area (Å²) in [4.78, 5) is 11.5. The predicted octanol–water partition coefficient (Wildman–Crippen LogP) is 1.34. The van der Waals surface area contributed by atoms with Crippen LogP contribution >= 0.6 is 11.6 Å². The number of benzene rings is 1. The predicted molar refractivity (Wildman–Crippen MR) is 57.6 cm³/mol. The Kier molecular flexibility index (Phi) is 3.92. The van der Waals surface area contributed by atoms with Gasteiger partial charge >= 0.3 is 0 Å². The molecule has 0 saturated carbocycles. The Balaban J connectivity index is 2.84. The molecule has 0 heterocycles. The quantitative estimate of drug-likeness (QED) is 0.795. The topological polar surface area (TPSA) is 55.1 Å². The summed E-state index contributed by atoms with van der Waals surface area (Å²) in [6.07, 6.45) is 0. The molecule has 1 aromatic rings. The first-order chi connectivity index (χ1) is 6.66. The fourth-order valence-corrected chi connectivity index (χ4v) is 1.32. The molecule has 0 aromatic heterocycles. The first kappa shape index (κ1) is 11.0. The molecule has 1 rings (SSSR count). The van der Waals surface area contributed by atoms with Gasteiger partial charge in [0.15, 0.2) is 0 Å². The lowest BCUT2D eigenvalue weighted by molar-refractivity contribution is 0.0955. The van der Waals surface area contributed by atoms with Gasteiger partial charge in [-0.3, -0.25) is 4.79 Å². The van der Waals surface area contributed by atoms with Gasteiger partial charge in [-0.05, 0) is 18.6 Å². The van der Waals surface area contributed by atoms with Crippen molar-refractivity contribution in [3.05, 3.63) is 34.3 Å². The van der Waals surface area contributed by atoms with Crippen LogP contribution in [0.15, 0.2) is 18.2 Å². The van der Waals surface area contributed by atoms with Crippen LogP contribution in [0.5, 0.6) is 0 Å². The minimum Gasteiger partial charge on any atom is -0.351 e. The van der Waals surface area contributed by atoms with E-state index in [1.165, 1.54) is 0 Å². The molecule has 3 N–H and O–H groups in total. The third-order valence-electron chi connectivity index (χ3n) is 1.87. The first-order valence-electron chi connectivity index (χ1n) is 4.40. The lowest BCUT2D eigenvalue weighted by atomic mass is 10.1. The second kappa shape index (κ2) is 4.98. The monoisotopic (exact) mass is 212 g/mol. The van der Waals surface area contributed by atoms with Gasteiger partial charge in [0.25, 0.3) is 5.91 Å². The van der Waals surface area contributed by atoms with Crippen molar-refractivity contribution in [2.45, 2.75) is 6.92 Å². The van der Waals surface area contributed by atoms with E-state index in [1.807, 2.05) is 13.0 Å². The second-order valence-corrected chi connectivity index (χ2v) is 3.36. The van der Waals surface area contributed by atoms with Crippen molar-refractivity contribution in [3.63, 3.8) is 0 Å². The van der Waals surface area contributed by atoms with Crippen molar-refractivity contribution in [2.24, 2.45) is 5.73 Å². The van der Waals surface area contributed by atoms with Crippen LogP contribution in [0.2, 0.25) is 5.02 Å². The van der Waals surface area contributed by atoms with Crippen LogP contribution in [0.3, 0.4) is 0 Å². The van der Waals surface area contributed by atoms with E-state index in [0.717, 1.165) is 5.56 Å². The molecule has 0 aliphatic carbocycles. The highest BCUT2D eigenvalue weighted by Gasteiger charge is 2.10. The summed E-state index contributed by atoms with van der Waals surface area (Å²) in [6, 6.07) is 5.36. The maximum atomic E-state index is 11.5. The summed E-state index contributed by atoms with van der Waals surface area (Å²) in [7, 11) is 0. The average Bonchev–Trinajstić information content (AvgIpc) is 2.18. The molecule has 0 saturated heterocycles. The van der Waals surface area contributed by atoms with Crippen LogP contribution in [-0.2, 0) is 0 Å². The van der Waals surface area contributed by atoms with E-state index in [2.05, 4.69) is 5.32 Å². The minimum atomic E-state index is -0.177. The molecule has 4 heteroatoms. The zero-order valence-electron chi connectivity index (χ0n) is 8.01. The minimum absolute atomic E-state index is 0.177. The molecule has 3 nitrogen and oxygen atoms in total. The van der Waals surface area contributed by atoms with Crippen molar-refractivity contribution in [1.82, 2.24) is 5.32 Å². The molecule has 0 unspecified atom stereocenters. The maximum absolute atomic E-state index is 11.5. The number of nitrogens with one attached hydrogen (secondary N) is 1. The summed E-state index contributed by atoms with van der Waals surface area (Å²) in [5.74, 6) is -0.177. The number of carbonyl (C=O) groups is 1. The van der Waals surface area contributed by atoms with Gasteiger partial charge in [0, 0.05) is 13.1 Å². The van der Waals surface area contributed by atoms with Crippen LogP contribution in [0.1, 0.15) is 15.9 Å². The van der Waals surface area contributed by atoms with Gasteiger partial charge in [-0.1, -0.05) is 23.7 Å². The van der Waals surface area contributed by atoms with E-state index in [1.54, 1.807) is 12.1 Å². The molecule has 14 heavy (non-hydrogen) atoms. The molecule has 1 aromatic carbocycles. The molecular weight excluding hydrogens is 200 g/mol. The largest absolute Gasteiger partial charge is 0.351 e. The highest BCUT2D eigenvalue weighted by molar-refractivity contribution is 6.34. The number of hydrogen-bond donors (Lipinski definition) is 2. The molecule has 0 aliphatic rings.